The van der Waals surface area contributed by atoms with Crippen molar-refractivity contribution in [2.45, 2.75) is 32.2 Å². The summed E-state index contributed by atoms with van der Waals surface area (Å²) in [5, 5.41) is 1.82. The van der Waals surface area contributed by atoms with Gasteiger partial charge in [-0.15, -0.1) is 11.3 Å². The Kier molecular flexibility index (Phi) is 4.71. The first kappa shape index (κ1) is 16.9. The molecule has 0 aliphatic heterocycles. The molecule has 0 saturated carbocycles. The van der Waals surface area contributed by atoms with Crippen molar-refractivity contribution in [1.29, 1.82) is 0 Å². The Morgan fingerprint density at radius 1 is 1.24 bits per heavy atom. The lowest BCUT2D eigenvalue weighted by Crippen LogP contribution is -2.24. The molecule has 25 heavy (non-hydrogen) atoms. The van der Waals surface area contributed by atoms with Crippen molar-refractivity contribution in [1.82, 2.24) is 9.55 Å². The molecular formula is C18H16Cl2N2O2S. The molecule has 0 fully saturated rings. The van der Waals surface area contributed by atoms with Crippen molar-refractivity contribution in [2.24, 2.45) is 0 Å². The first-order valence-corrected chi connectivity index (χ1v) is 9.78. The zero-order valence-corrected chi connectivity index (χ0v) is 15.8. The minimum absolute atomic E-state index is 0.0233. The maximum absolute atomic E-state index is 12.8. The summed E-state index contributed by atoms with van der Waals surface area (Å²) in [6.07, 6.45) is 6.00. The van der Waals surface area contributed by atoms with Crippen LogP contribution >= 0.6 is 34.5 Å². The fourth-order valence-electron chi connectivity index (χ4n) is 3.19. The number of thiophene rings is 1. The van der Waals surface area contributed by atoms with E-state index in [1.165, 1.54) is 16.9 Å². The van der Waals surface area contributed by atoms with Gasteiger partial charge in [0.05, 0.1) is 23.3 Å². The highest BCUT2D eigenvalue weighted by Gasteiger charge is 2.19. The molecule has 4 nitrogen and oxygen atoms in total. The zero-order chi connectivity index (χ0) is 17.4. The van der Waals surface area contributed by atoms with Gasteiger partial charge in [-0.3, -0.25) is 9.36 Å². The summed E-state index contributed by atoms with van der Waals surface area (Å²) in [4.78, 5) is 19.5. The fourth-order valence-corrected chi connectivity index (χ4v) is 4.87. The summed E-state index contributed by atoms with van der Waals surface area (Å²) in [5.74, 6) is 0.557. The molecule has 0 bridgehead atoms. The van der Waals surface area contributed by atoms with Crippen LogP contribution in [0.1, 0.15) is 23.3 Å². The molecule has 1 aromatic carbocycles. The highest BCUT2D eigenvalue weighted by Crippen LogP contribution is 2.33. The van der Waals surface area contributed by atoms with Crippen LogP contribution < -0.4 is 10.3 Å². The summed E-state index contributed by atoms with van der Waals surface area (Å²) in [6.45, 7) is 0.756. The van der Waals surface area contributed by atoms with Crippen LogP contribution in [0.5, 0.6) is 5.75 Å². The number of nitrogens with zero attached hydrogens (tertiary/aromatic N) is 2. The van der Waals surface area contributed by atoms with Crippen molar-refractivity contribution < 1.29 is 4.74 Å². The molecule has 2 aromatic heterocycles. The van der Waals surface area contributed by atoms with Crippen LogP contribution in [0.3, 0.4) is 0 Å². The Morgan fingerprint density at radius 3 is 2.92 bits per heavy atom. The summed E-state index contributed by atoms with van der Waals surface area (Å²) < 4.78 is 7.30. The standard InChI is InChI=1S/C18H16Cl2N2O2S/c19-11-5-6-14(13(20)9-11)24-8-7-22-10-21-17-16(18(22)23)12-3-1-2-4-15(12)25-17/h5-6,9-10H,1-4,7-8H2. The van der Waals surface area contributed by atoms with E-state index in [2.05, 4.69) is 4.98 Å². The smallest absolute Gasteiger partial charge is 0.262 e. The molecule has 0 spiro atoms. The number of hydrogen-bond donors (Lipinski definition) is 0. The lowest BCUT2D eigenvalue weighted by atomic mass is 9.97. The van der Waals surface area contributed by atoms with Crippen molar-refractivity contribution in [3.63, 3.8) is 0 Å². The molecule has 0 saturated heterocycles. The van der Waals surface area contributed by atoms with E-state index in [0.29, 0.717) is 28.9 Å². The van der Waals surface area contributed by atoms with Gasteiger partial charge in [-0.25, -0.2) is 4.98 Å². The minimum Gasteiger partial charge on any atom is -0.490 e. The van der Waals surface area contributed by atoms with Crippen molar-refractivity contribution in [2.75, 3.05) is 6.61 Å². The fraction of sp³-hybridized carbons (Fsp3) is 0.333. The Labute approximate surface area is 159 Å². The Morgan fingerprint density at radius 2 is 2.08 bits per heavy atom. The van der Waals surface area contributed by atoms with Crippen molar-refractivity contribution in [3.05, 3.63) is 55.4 Å². The monoisotopic (exact) mass is 394 g/mol. The topological polar surface area (TPSA) is 44.1 Å². The van der Waals surface area contributed by atoms with Gasteiger partial charge in [0.25, 0.3) is 5.56 Å². The first-order chi connectivity index (χ1) is 12.1. The van der Waals surface area contributed by atoms with Gasteiger partial charge in [0.15, 0.2) is 0 Å². The lowest BCUT2D eigenvalue weighted by molar-refractivity contribution is 0.296. The molecule has 0 amide bonds. The molecule has 0 atom stereocenters. The SMILES string of the molecule is O=c1c2c3c(sc2ncn1CCOc1ccc(Cl)cc1Cl)CCCC3. The Hall–Kier alpha value is -1.56. The van der Waals surface area contributed by atoms with Crippen LogP contribution in [0.15, 0.2) is 29.3 Å². The van der Waals surface area contributed by atoms with Crippen LogP contribution in [-0.2, 0) is 19.4 Å². The predicted octanol–water partition coefficient (Wildman–Crippen LogP) is 4.72. The quantitative estimate of drug-likeness (QED) is 0.642. The van der Waals surface area contributed by atoms with Gasteiger partial charge in [-0.2, -0.15) is 0 Å². The number of benzene rings is 1. The second-order valence-corrected chi connectivity index (χ2v) is 7.98. The van der Waals surface area contributed by atoms with Gasteiger partial charge in [0.1, 0.15) is 17.2 Å². The maximum Gasteiger partial charge on any atom is 0.262 e. The van der Waals surface area contributed by atoms with Crippen LogP contribution in [0.4, 0.5) is 0 Å². The third-order valence-corrected chi connectivity index (χ3v) is 6.16. The van der Waals surface area contributed by atoms with Crippen molar-refractivity contribution in [3.8, 4) is 5.75 Å². The van der Waals surface area contributed by atoms with E-state index in [9.17, 15) is 4.79 Å². The number of aromatic nitrogens is 2. The molecule has 0 radical (unpaired) electrons. The van der Waals surface area contributed by atoms with Gasteiger partial charge >= 0.3 is 0 Å². The molecule has 7 heteroatoms. The van der Waals surface area contributed by atoms with Crippen LogP contribution in [0.2, 0.25) is 10.0 Å². The van der Waals surface area contributed by atoms with Gasteiger partial charge in [0, 0.05) is 9.90 Å². The molecule has 2 heterocycles. The van der Waals surface area contributed by atoms with E-state index in [1.54, 1.807) is 40.4 Å². The maximum atomic E-state index is 12.8. The predicted molar refractivity (Wildman–Crippen MR) is 102 cm³/mol. The molecule has 1 aliphatic rings. The molecule has 3 aromatic rings. The Bertz CT molecular complexity index is 997. The summed E-state index contributed by atoms with van der Waals surface area (Å²) in [5.41, 5.74) is 1.23. The zero-order valence-electron chi connectivity index (χ0n) is 13.4. The van der Waals surface area contributed by atoms with Gasteiger partial charge in [-0.05, 0) is 49.4 Å². The van der Waals surface area contributed by atoms with Crippen LogP contribution in [0, 0.1) is 0 Å². The van der Waals surface area contributed by atoms with Crippen LogP contribution in [-0.4, -0.2) is 16.2 Å². The lowest BCUT2D eigenvalue weighted by Gasteiger charge is -2.11. The van der Waals surface area contributed by atoms with Crippen molar-refractivity contribution >= 4 is 44.8 Å². The number of fused-ring (bicyclic) bond motifs is 3. The number of ether oxygens (including phenoxy) is 1. The van der Waals surface area contributed by atoms with E-state index in [1.807, 2.05) is 0 Å². The van der Waals surface area contributed by atoms with Gasteiger partial charge < -0.3 is 4.74 Å². The molecule has 0 unspecified atom stereocenters. The third-order valence-electron chi connectivity index (χ3n) is 4.43. The molecule has 1 aliphatic carbocycles. The number of halogens is 2. The van der Waals surface area contributed by atoms with Gasteiger partial charge in [0.2, 0.25) is 0 Å². The average Bonchev–Trinajstić information content (AvgIpc) is 2.98. The van der Waals surface area contributed by atoms with E-state index < -0.39 is 0 Å². The van der Waals surface area contributed by atoms with E-state index >= 15 is 0 Å². The number of hydrogen-bond acceptors (Lipinski definition) is 4. The number of rotatable bonds is 4. The second-order valence-electron chi connectivity index (χ2n) is 6.06. The highest BCUT2D eigenvalue weighted by molar-refractivity contribution is 7.18. The minimum atomic E-state index is 0.0233. The largest absolute Gasteiger partial charge is 0.490 e. The molecular weight excluding hydrogens is 379 g/mol. The second kappa shape index (κ2) is 6.98. The van der Waals surface area contributed by atoms with Crippen LogP contribution in [0.25, 0.3) is 10.2 Å². The highest BCUT2D eigenvalue weighted by atomic mass is 35.5. The van der Waals surface area contributed by atoms with E-state index in [4.69, 9.17) is 27.9 Å². The first-order valence-electron chi connectivity index (χ1n) is 8.21. The molecule has 130 valence electrons. The van der Waals surface area contributed by atoms with E-state index in [0.717, 1.165) is 29.5 Å². The Balaban J connectivity index is 1.55. The average molecular weight is 395 g/mol. The number of aryl methyl sites for hydroxylation is 2. The van der Waals surface area contributed by atoms with Gasteiger partial charge in [-0.1, -0.05) is 23.2 Å². The summed E-state index contributed by atoms with van der Waals surface area (Å²) in [7, 11) is 0. The summed E-state index contributed by atoms with van der Waals surface area (Å²) >= 11 is 13.6. The molecule has 4 rings (SSSR count). The summed E-state index contributed by atoms with van der Waals surface area (Å²) in [6, 6.07) is 5.08. The normalized spacial score (nSPS) is 13.8. The third kappa shape index (κ3) is 3.28. The van der Waals surface area contributed by atoms with E-state index in [-0.39, 0.29) is 5.56 Å². The molecule has 0 N–H and O–H groups in total.